The molecule has 2 rings (SSSR count). The zero-order valence-electron chi connectivity index (χ0n) is 12.6. The van der Waals surface area contributed by atoms with Gasteiger partial charge in [0.2, 0.25) is 0 Å². The van der Waals surface area contributed by atoms with E-state index in [-0.39, 0.29) is 0 Å². The molecular formula is C8H16O12P2S2. The third-order valence-corrected chi connectivity index (χ3v) is 11.5. The summed E-state index contributed by atoms with van der Waals surface area (Å²) in [5.41, 5.74) is 0. The minimum absolute atomic E-state index is 0.444. The van der Waals surface area contributed by atoms with E-state index < -0.39 is 71.7 Å². The number of hydrogen-bond acceptors (Lipinski definition) is 12. The molecule has 2 saturated heterocycles. The van der Waals surface area contributed by atoms with Crippen LogP contribution in [0.15, 0.2) is 0 Å². The van der Waals surface area contributed by atoms with Gasteiger partial charge in [-0.05, 0) is 0 Å². The van der Waals surface area contributed by atoms with Crippen LogP contribution in [0.4, 0.5) is 0 Å². The van der Waals surface area contributed by atoms with Gasteiger partial charge in [-0.2, -0.15) is 16.8 Å². The van der Waals surface area contributed by atoms with Gasteiger partial charge in [0.25, 0.3) is 20.2 Å². The fourth-order valence-electron chi connectivity index (χ4n) is 1.91. The first-order valence-electron chi connectivity index (χ1n) is 6.37. The highest BCUT2D eigenvalue weighted by molar-refractivity contribution is 8.27. The van der Waals surface area contributed by atoms with E-state index in [9.17, 15) is 26.0 Å². The molecule has 0 N–H and O–H groups in total. The van der Waals surface area contributed by atoms with Crippen molar-refractivity contribution in [3.63, 3.8) is 0 Å². The highest BCUT2D eigenvalue weighted by Gasteiger charge is 2.54. The van der Waals surface area contributed by atoms with Crippen LogP contribution in [0.1, 0.15) is 0 Å². The van der Waals surface area contributed by atoms with Gasteiger partial charge in [0.05, 0.1) is 13.2 Å². The molecule has 2 fully saturated rings. The molecular weight excluding hydrogens is 414 g/mol. The fourth-order valence-corrected chi connectivity index (χ4v) is 8.78. The number of hydrogen-bond donors (Lipinski definition) is 0. The molecule has 2 aliphatic heterocycles. The van der Waals surface area contributed by atoms with Gasteiger partial charge < -0.3 is 9.05 Å². The summed E-state index contributed by atoms with van der Waals surface area (Å²) in [5.74, 6) is -1.24. The van der Waals surface area contributed by atoms with E-state index in [2.05, 4.69) is 17.4 Å². The molecule has 0 saturated carbocycles. The van der Waals surface area contributed by atoms with Crippen LogP contribution in [-0.2, 0) is 55.8 Å². The molecule has 0 aliphatic carbocycles. The first-order valence-corrected chi connectivity index (χ1v) is 13.3. The Morgan fingerprint density at radius 1 is 0.792 bits per heavy atom. The summed E-state index contributed by atoms with van der Waals surface area (Å²) in [7, 11) is -15.1. The lowest BCUT2D eigenvalue weighted by atomic mass is 10.5. The maximum absolute atomic E-state index is 12.8. The SMILES string of the molecule is COP(=O)(OC1COS(=O)(=O)C1)P(=O)(OC)OC1COS(=O)(=O)C1. The predicted molar refractivity (Wildman–Crippen MR) is 78.5 cm³/mol. The summed E-state index contributed by atoms with van der Waals surface area (Å²) in [6.07, 6.45) is -2.42. The zero-order valence-corrected chi connectivity index (χ0v) is 16.0. The van der Waals surface area contributed by atoms with E-state index in [0.717, 1.165) is 14.2 Å². The molecule has 142 valence electrons. The van der Waals surface area contributed by atoms with Gasteiger partial charge in [0.15, 0.2) is 0 Å². The Kier molecular flexibility index (Phi) is 5.98. The van der Waals surface area contributed by atoms with Crippen LogP contribution in [0.5, 0.6) is 0 Å². The van der Waals surface area contributed by atoms with Gasteiger partial charge in [-0.15, -0.1) is 0 Å². The minimum atomic E-state index is -4.61. The number of rotatable bonds is 7. The second kappa shape index (κ2) is 7.03. The molecule has 4 atom stereocenters. The van der Waals surface area contributed by atoms with Crippen molar-refractivity contribution in [1.29, 1.82) is 0 Å². The molecule has 0 aromatic carbocycles. The highest BCUT2D eigenvalue weighted by Crippen LogP contribution is 2.84. The molecule has 12 nitrogen and oxygen atoms in total. The second-order valence-electron chi connectivity index (χ2n) is 4.77. The van der Waals surface area contributed by atoms with E-state index in [1.807, 2.05) is 0 Å². The van der Waals surface area contributed by atoms with E-state index in [1.165, 1.54) is 0 Å². The largest absolute Gasteiger partial charge is 0.441 e. The average molecular weight is 430 g/mol. The Hall–Kier alpha value is 0.120. The Balaban J connectivity index is 2.18. The minimum Gasteiger partial charge on any atom is -0.303 e. The van der Waals surface area contributed by atoms with Gasteiger partial charge >= 0.3 is 14.6 Å². The third-order valence-electron chi connectivity index (χ3n) is 2.97. The first kappa shape index (κ1) is 20.4. The van der Waals surface area contributed by atoms with Gasteiger partial charge in [0.1, 0.15) is 23.7 Å². The van der Waals surface area contributed by atoms with Crippen LogP contribution in [0.2, 0.25) is 0 Å². The molecule has 2 aliphatic rings. The van der Waals surface area contributed by atoms with Crippen LogP contribution < -0.4 is 0 Å². The summed E-state index contributed by atoms with van der Waals surface area (Å²) < 4.78 is 98.7. The van der Waals surface area contributed by atoms with Gasteiger partial charge in [-0.1, -0.05) is 0 Å². The Morgan fingerprint density at radius 2 is 1.12 bits per heavy atom. The lowest BCUT2D eigenvalue weighted by Crippen LogP contribution is -2.20. The van der Waals surface area contributed by atoms with Gasteiger partial charge in [-0.3, -0.25) is 17.4 Å². The summed E-state index contributed by atoms with van der Waals surface area (Å²) >= 11 is 0. The second-order valence-corrected chi connectivity index (χ2v) is 14.1. The van der Waals surface area contributed by atoms with E-state index in [0.29, 0.717) is 0 Å². The van der Waals surface area contributed by atoms with Crippen LogP contribution in [0, 0.1) is 0 Å². The van der Waals surface area contributed by atoms with Crippen molar-refractivity contribution in [3.05, 3.63) is 0 Å². The molecule has 0 aromatic rings. The molecule has 0 aromatic heterocycles. The lowest BCUT2D eigenvalue weighted by Gasteiger charge is -2.26. The smallest absolute Gasteiger partial charge is 0.303 e. The summed E-state index contributed by atoms with van der Waals surface area (Å²) in [6, 6.07) is 0. The third kappa shape index (κ3) is 4.44. The molecule has 2 heterocycles. The molecule has 24 heavy (non-hydrogen) atoms. The van der Waals surface area contributed by atoms with Crippen molar-refractivity contribution < 1.29 is 52.4 Å². The molecule has 0 amide bonds. The summed E-state index contributed by atoms with van der Waals surface area (Å²) in [5, 5.41) is 0. The monoisotopic (exact) mass is 430 g/mol. The average Bonchev–Trinajstić information content (AvgIpc) is 2.99. The summed E-state index contributed by atoms with van der Waals surface area (Å²) in [6.45, 7) is -0.888. The molecule has 0 spiro atoms. The normalized spacial score (nSPS) is 33.8. The van der Waals surface area contributed by atoms with Crippen LogP contribution >= 0.6 is 14.6 Å². The van der Waals surface area contributed by atoms with Crippen molar-refractivity contribution >= 4 is 34.8 Å². The zero-order chi connectivity index (χ0) is 18.2. The first-order chi connectivity index (χ1) is 10.9. The van der Waals surface area contributed by atoms with E-state index >= 15 is 0 Å². The Bertz CT molecular complexity index is 707. The maximum Gasteiger partial charge on any atom is 0.441 e. The molecule has 4 unspecified atom stereocenters. The van der Waals surface area contributed by atoms with Crippen molar-refractivity contribution in [1.82, 2.24) is 0 Å². The summed E-state index contributed by atoms with van der Waals surface area (Å²) in [4.78, 5) is 0. The van der Waals surface area contributed by atoms with Crippen LogP contribution in [0.25, 0.3) is 0 Å². The molecule has 0 bridgehead atoms. The van der Waals surface area contributed by atoms with Crippen molar-refractivity contribution in [2.45, 2.75) is 12.2 Å². The van der Waals surface area contributed by atoms with Crippen molar-refractivity contribution in [2.75, 3.05) is 38.9 Å². The van der Waals surface area contributed by atoms with E-state index in [4.69, 9.17) is 9.05 Å². The highest BCUT2D eigenvalue weighted by atomic mass is 32.2. The van der Waals surface area contributed by atoms with Crippen LogP contribution in [-0.4, -0.2) is 68.0 Å². The van der Waals surface area contributed by atoms with E-state index in [1.54, 1.807) is 0 Å². The Labute approximate surface area is 138 Å². The van der Waals surface area contributed by atoms with Gasteiger partial charge in [-0.25, -0.2) is 9.13 Å². The predicted octanol–water partition coefficient (Wildman–Crippen LogP) is 0.0708. The fraction of sp³-hybridized carbons (Fsp3) is 1.00. The standard InChI is InChI=1S/C8H16O12P2S2/c1-15-21(9,19-7-3-17-23(11,12)5-7)22(10,16-2)20-8-4-18-24(13,14)6-8/h7-8H,3-6H2,1-2H3. The van der Waals surface area contributed by atoms with Gasteiger partial charge in [0, 0.05) is 14.2 Å². The van der Waals surface area contributed by atoms with Crippen LogP contribution in [0.3, 0.4) is 0 Å². The lowest BCUT2D eigenvalue weighted by molar-refractivity contribution is 0.130. The van der Waals surface area contributed by atoms with Crippen molar-refractivity contribution in [3.8, 4) is 0 Å². The quantitative estimate of drug-likeness (QED) is 0.396. The van der Waals surface area contributed by atoms with Crippen molar-refractivity contribution in [2.24, 2.45) is 0 Å². The Morgan fingerprint density at radius 3 is 1.33 bits per heavy atom. The molecule has 16 heteroatoms. The topological polar surface area (TPSA) is 158 Å². The molecule has 0 radical (unpaired) electrons. The maximum atomic E-state index is 12.8.